The summed E-state index contributed by atoms with van der Waals surface area (Å²) in [5.74, 6) is 1.42. The average Bonchev–Trinajstić information content (AvgIpc) is 3.07. The second kappa shape index (κ2) is 4.14. The van der Waals surface area contributed by atoms with Gasteiger partial charge in [0.05, 0.1) is 5.69 Å². The largest absolute Gasteiger partial charge is 0.411 e. The third kappa shape index (κ3) is 2.17. The maximum atomic E-state index is 10.7. The van der Waals surface area contributed by atoms with Crippen LogP contribution < -0.4 is 10.5 Å². The van der Waals surface area contributed by atoms with Gasteiger partial charge in [-0.05, 0) is 18.9 Å². The standard InChI is InChI=1S/C12H12N4O2/c13-12(17)18-11-3-1-2-10(15-11)16-6-9(14-7-16)8-4-5-8/h1-3,6-8H,4-5H2,(H2,13,17). The Bertz CT molecular complexity index is 589. The van der Waals surface area contributed by atoms with Gasteiger partial charge in [0.1, 0.15) is 12.1 Å². The van der Waals surface area contributed by atoms with E-state index in [-0.39, 0.29) is 5.88 Å². The summed E-state index contributed by atoms with van der Waals surface area (Å²) in [6, 6.07) is 5.14. The van der Waals surface area contributed by atoms with Gasteiger partial charge in [-0.2, -0.15) is 4.98 Å². The highest BCUT2D eigenvalue weighted by atomic mass is 16.6. The molecule has 1 aliphatic rings. The van der Waals surface area contributed by atoms with Crippen molar-refractivity contribution in [3.63, 3.8) is 0 Å². The van der Waals surface area contributed by atoms with Gasteiger partial charge in [0.15, 0.2) is 0 Å². The number of hydrogen-bond acceptors (Lipinski definition) is 4. The van der Waals surface area contributed by atoms with Crippen molar-refractivity contribution in [1.29, 1.82) is 0 Å². The van der Waals surface area contributed by atoms with E-state index in [4.69, 9.17) is 10.5 Å². The SMILES string of the molecule is NC(=O)Oc1cccc(-n2cnc(C3CC3)c2)n1. The van der Waals surface area contributed by atoms with E-state index in [0.717, 1.165) is 5.69 Å². The highest BCUT2D eigenvalue weighted by Gasteiger charge is 2.25. The van der Waals surface area contributed by atoms with Crippen LogP contribution in [-0.2, 0) is 0 Å². The Morgan fingerprint density at radius 3 is 3.00 bits per heavy atom. The van der Waals surface area contributed by atoms with E-state index in [1.807, 2.05) is 16.8 Å². The Labute approximate surface area is 103 Å². The van der Waals surface area contributed by atoms with Crippen LogP contribution in [0.5, 0.6) is 5.88 Å². The lowest BCUT2D eigenvalue weighted by Gasteiger charge is -2.03. The van der Waals surface area contributed by atoms with Gasteiger partial charge < -0.3 is 10.5 Å². The van der Waals surface area contributed by atoms with Gasteiger partial charge in [-0.25, -0.2) is 9.78 Å². The third-order valence-corrected chi connectivity index (χ3v) is 2.78. The summed E-state index contributed by atoms with van der Waals surface area (Å²) < 4.78 is 6.54. The second-order valence-electron chi connectivity index (χ2n) is 4.24. The van der Waals surface area contributed by atoms with Gasteiger partial charge in [-0.1, -0.05) is 6.07 Å². The van der Waals surface area contributed by atoms with Crippen molar-refractivity contribution < 1.29 is 9.53 Å². The molecule has 0 atom stereocenters. The second-order valence-corrected chi connectivity index (χ2v) is 4.24. The quantitative estimate of drug-likeness (QED) is 0.888. The molecule has 3 rings (SSSR count). The topological polar surface area (TPSA) is 83.0 Å². The predicted molar refractivity (Wildman–Crippen MR) is 63.5 cm³/mol. The first-order valence-corrected chi connectivity index (χ1v) is 5.71. The average molecular weight is 244 g/mol. The summed E-state index contributed by atoms with van der Waals surface area (Å²) in [7, 11) is 0. The Morgan fingerprint density at radius 1 is 1.44 bits per heavy atom. The van der Waals surface area contributed by atoms with E-state index in [1.54, 1.807) is 18.5 Å². The molecule has 0 bridgehead atoms. The van der Waals surface area contributed by atoms with E-state index >= 15 is 0 Å². The molecule has 6 heteroatoms. The number of aromatic nitrogens is 3. The Balaban J connectivity index is 1.87. The van der Waals surface area contributed by atoms with Gasteiger partial charge in [0.2, 0.25) is 5.88 Å². The number of ether oxygens (including phenoxy) is 1. The lowest BCUT2D eigenvalue weighted by Crippen LogP contribution is -2.17. The monoisotopic (exact) mass is 244 g/mol. The maximum Gasteiger partial charge on any atom is 0.411 e. The Kier molecular flexibility index (Phi) is 2.47. The predicted octanol–water partition coefficient (Wildman–Crippen LogP) is 1.60. The molecule has 1 aliphatic carbocycles. The summed E-state index contributed by atoms with van der Waals surface area (Å²) in [6.45, 7) is 0. The molecule has 1 amide bonds. The van der Waals surface area contributed by atoms with E-state index in [9.17, 15) is 4.79 Å². The van der Waals surface area contributed by atoms with Crippen molar-refractivity contribution in [3.8, 4) is 11.7 Å². The number of hydrogen-bond donors (Lipinski definition) is 1. The minimum Gasteiger partial charge on any atom is -0.391 e. The van der Waals surface area contributed by atoms with E-state index in [1.165, 1.54) is 12.8 Å². The van der Waals surface area contributed by atoms with E-state index in [0.29, 0.717) is 11.7 Å². The zero-order valence-corrected chi connectivity index (χ0v) is 9.61. The van der Waals surface area contributed by atoms with Crippen LogP contribution >= 0.6 is 0 Å². The molecule has 92 valence electrons. The maximum absolute atomic E-state index is 10.7. The van der Waals surface area contributed by atoms with Crippen molar-refractivity contribution in [2.75, 3.05) is 0 Å². The van der Waals surface area contributed by atoms with Crippen LogP contribution in [0.2, 0.25) is 0 Å². The number of nitrogens with zero attached hydrogens (tertiary/aromatic N) is 3. The van der Waals surface area contributed by atoms with Crippen LogP contribution in [0.25, 0.3) is 5.82 Å². The molecule has 6 nitrogen and oxygen atoms in total. The van der Waals surface area contributed by atoms with Gasteiger partial charge in [-0.15, -0.1) is 0 Å². The molecular weight excluding hydrogens is 232 g/mol. The number of imidazole rings is 1. The molecule has 0 aliphatic heterocycles. The number of carbonyl (C=O) groups excluding carboxylic acids is 1. The van der Waals surface area contributed by atoms with Crippen molar-refractivity contribution in [3.05, 3.63) is 36.4 Å². The molecule has 18 heavy (non-hydrogen) atoms. The van der Waals surface area contributed by atoms with Crippen LogP contribution in [0, 0.1) is 0 Å². The fraction of sp³-hybridized carbons (Fsp3) is 0.250. The van der Waals surface area contributed by atoms with Crippen LogP contribution in [0.1, 0.15) is 24.5 Å². The number of primary amides is 1. The number of carbonyl (C=O) groups is 1. The highest BCUT2D eigenvalue weighted by Crippen LogP contribution is 2.39. The van der Waals surface area contributed by atoms with Crippen LogP contribution in [0.4, 0.5) is 4.79 Å². The molecule has 1 saturated carbocycles. The first-order valence-electron chi connectivity index (χ1n) is 5.71. The summed E-state index contributed by atoms with van der Waals surface area (Å²) in [4.78, 5) is 19.2. The lowest BCUT2D eigenvalue weighted by atomic mass is 10.3. The zero-order valence-electron chi connectivity index (χ0n) is 9.61. The summed E-state index contributed by atoms with van der Waals surface area (Å²) >= 11 is 0. The van der Waals surface area contributed by atoms with Gasteiger partial charge in [-0.3, -0.25) is 4.57 Å². The van der Waals surface area contributed by atoms with Crippen molar-refractivity contribution in [1.82, 2.24) is 14.5 Å². The number of nitrogens with two attached hydrogens (primary N) is 1. The molecule has 0 spiro atoms. The van der Waals surface area contributed by atoms with Gasteiger partial charge in [0.25, 0.3) is 0 Å². The van der Waals surface area contributed by atoms with Crippen molar-refractivity contribution >= 4 is 6.09 Å². The number of rotatable bonds is 3. The molecule has 0 unspecified atom stereocenters. The molecular formula is C12H12N4O2. The molecule has 0 radical (unpaired) electrons. The molecule has 2 N–H and O–H groups in total. The fourth-order valence-electron chi connectivity index (χ4n) is 1.76. The molecule has 0 saturated heterocycles. The third-order valence-electron chi connectivity index (χ3n) is 2.78. The van der Waals surface area contributed by atoms with Crippen LogP contribution in [0.15, 0.2) is 30.7 Å². The molecule has 2 heterocycles. The minimum atomic E-state index is -0.871. The highest BCUT2D eigenvalue weighted by molar-refractivity contribution is 5.67. The first-order chi connectivity index (χ1) is 8.72. The Morgan fingerprint density at radius 2 is 2.28 bits per heavy atom. The first kappa shape index (κ1) is 10.8. The smallest absolute Gasteiger partial charge is 0.391 e. The normalized spacial score (nSPS) is 14.4. The molecule has 2 aromatic heterocycles. The van der Waals surface area contributed by atoms with Gasteiger partial charge >= 0.3 is 6.09 Å². The summed E-state index contributed by atoms with van der Waals surface area (Å²) in [5.41, 5.74) is 6.03. The molecule has 0 aromatic carbocycles. The molecule has 2 aromatic rings. The van der Waals surface area contributed by atoms with Crippen molar-refractivity contribution in [2.24, 2.45) is 5.73 Å². The molecule has 1 fully saturated rings. The fourth-order valence-corrected chi connectivity index (χ4v) is 1.76. The lowest BCUT2D eigenvalue weighted by molar-refractivity contribution is 0.209. The Hall–Kier alpha value is -2.37. The van der Waals surface area contributed by atoms with Crippen molar-refractivity contribution in [2.45, 2.75) is 18.8 Å². The zero-order chi connectivity index (χ0) is 12.5. The minimum absolute atomic E-state index is 0.182. The summed E-state index contributed by atoms with van der Waals surface area (Å²) in [5, 5.41) is 0. The van der Waals surface area contributed by atoms with Crippen LogP contribution in [0.3, 0.4) is 0 Å². The summed E-state index contributed by atoms with van der Waals surface area (Å²) in [6.07, 6.45) is 5.20. The van der Waals surface area contributed by atoms with Crippen LogP contribution in [-0.4, -0.2) is 20.6 Å². The van der Waals surface area contributed by atoms with E-state index in [2.05, 4.69) is 9.97 Å². The number of pyridine rings is 1. The van der Waals surface area contributed by atoms with Gasteiger partial charge in [0, 0.05) is 18.2 Å². The number of amides is 1. The van der Waals surface area contributed by atoms with E-state index < -0.39 is 6.09 Å².